The van der Waals surface area contributed by atoms with Crippen molar-refractivity contribution in [3.63, 3.8) is 0 Å². The molecule has 2 aromatic carbocycles. The van der Waals surface area contributed by atoms with Crippen molar-refractivity contribution in [1.82, 2.24) is 29.7 Å². The molecule has 0 saturated heterocycles. The van der Waals surface area contributed by atoms with E-state index >= 15 is 0 Å². The molecule has 0 aliphatic carbocycles. The van der Waals surface area contributed by atoms with Gasteiger partial charge < -0.3 is 0 Å². The zero-order chi connectivity index (χ0) is 23.9. The minimum atomic E-state index is -0.425. The van der Waals surface area contributed by atoms with E-state index in [4.69, 9.17) is 23.2 Å². The van der Waals surface area contributed by atoms with Crippen LogP contribution >= 0.6 is 23.2 Å². The summed E-state index contributed by atoms with van der Waals surface area (Å²) < 4.78 is 2.44. The van der Waals surface area contributed by atoms with Crippen LogP contribution in [0.5, 0.6) is 0 Å². The summed E-state index contributed by atoms with van der Waals surface area (Å²) in [4.78, 5) is 24.1. The molecule has 0 aliphatic heterocycles. The van der Waals surface area contributed by atoms with Crippen molar-refractivity contribution in [2.75, 3.05) is 0 Å². The van der Waals surface area contributed by atoms with Gasteiger partial charge in [-0.25, -0.2) is 19.8 Å². The van der Waals surface area contributed by atoms with E-state index in [0.29, 0.717) is 47.4 Å². The molecule has 0 bridgehead atoms. The van der Waals surface area contributed by atoms with E-state index in [-0.39, 0.29) is 0 Å². The van der Waals surface area contributed by atoms with Crippen molar-refractivity contribution in [2.24, 2.45) is 10.2 Å². The van der Waals surface area contributed by atoms with Gasteiger partial charge >= 0.3 is 11.4 Å². The third kappa shape index (κ3) is 5.97. The lowest BCUT2D eigenvalue weighted by Crippen LogP contribution is -2.15. The fourth-order valence-corrected chi connectivity index (χ4v) is 3.37. The molecule has 0 atom stereocenters. The van der Waals surface area contributed by atoms with Crippen LogP contribution in [0.1, 0.15) is 35.6 Å². The number of benzene rings is 2. The second-order valence-electron chi connectivity index (χ2n) is 7.29. The highest BCUT2D eigenvalue weighted by atomic mass is 35.5. The van der Waals surface area contributed by atoms with Gasteiger partial charge in [0.1, 0.15) is 0 Å². The summed E-state index contributed by atoms with van der Waals surface area (Å²) in [5, 5.41) is 22.6. The van der Waals surface area contributed by atoms with Crippen LogP contribution in [0.25, 0.3) is 0 Å². The van der Waals surface area contributed by atoms with Crippen LogP contribution in [0.3, 0.4) is 0 Å². The van der Waals surface area contributed by atoms with Crippen LogP contribution < -0.4 is 11.4 Å². The maximum Gasteiger partial charge on any atom is 0.364 e. The fourth-order valence-electron chi connectivity index (χ4n) is 3.11. The quantitative estimate of drug-likeness (QED) is 0.271. The van der Waals surface area contributed by atoms with Gasteiger partial charge in [-0.3, -0.25) is 0 Å². The van der Waals surface area contributed by atoms with Crippen molar-refractivity contribution in [3.8, 4) is 0 Å². The molecule has 0 saturated carbocycles. The molecule has 0 spiro atoms. The minimum absolute atomic E-state index is 0.425. The molecule has 12 heteroatoms. The predicted octanol–water partition coefficient (Wildman–Crippen LogP) is 3.09. The van der Waals surface area contributed by atoms with Gasteiger partial charge in [-0.1, -0.05) is 47.5 Å². The first-order valence-corrected chi connectivity index (χ1v) is 11.1. The third-order valence-corrected chi connectivity index (χ3v) is 5.31. The topological polar surface area (TPSA) is 126 Å². The standard InChI is InChI=1S/C22H20Cl2N8O2/c23-17-7-3-15(4-8-17)13-19-27-29-21(33)31(19)25-11-1-2-12-26-32-20(28-30-22(32)34)14-16-5-9-18(24)10-6-16/h3-12H,1-2,13-14H2,(H,29,33)(H,30,34)/b25-11-,26-12?. The lowest BCUT2D eigenvalue weighted by molar-refractivity contribution is 0.767. The minimum Gasteiger partial charge on any atom is -0.244 e. The van der Waals surface area contributed by atoms with Crippen molar-refractivity contribution in [2.45, 2.75) is 25.7 Å². The van der Waals surface area contributed by atoms with Gasteiger partial charge in [0, 0.05) is 35.3 Å². The summed E-state index contributed by atoms with van der Waals surface area (Å²) in [6.45, 7) is 0. The Morgan fingerprint density at radius 1 is 0.706 bits per heavy atom. The highest BCUT2D eigenvalue weighted by molar-refractivity contribution is 6.30. The molecule has 0 unspecified atom stereocenters. The zero-order valence-electron chi connectivity index (χ0n) is 17.9. The van der Waals surface area contributed by atoms with Crippen molar-refractivity contribution in [3.05, 3.63) is 102 Å². The third-order valence-electron chi connectivity index (χ3n) is 4.81. The average Bonchev–Trinajstić information content (AvgIpc) is 3.35. The molecule has 34 heavy (non-hydrogen) atoms. The van der Waals surface area contributed by atoms with E-state index < -0.39 is 11.4 Å². The van der Waals surface area contributed by atoms with E-state index in [9.17, 15) is 9.59 Å². The number of aromatic amines is 2. The lowest BCUT2D eigenvalue weighted by atomic mass is 10.1. The molecule has 4 aromatic rings. The number of hydrogen-bond donors (Lipinski definition) is 2. The second kappa shape index (κ2) is 10.9. The van der Waals surface area contributed by atoms with E-state index in [1.807, 2.05) is 24.3 Å². The van der Waals surface area contributed by atoms with Crippen LogP contribution in [0.4, 0.5) is 0 Å². The normalized spacial score (nSPS) is 11.7. The number of rotatable bonds is 9. The summed E-state index contributed by atoms with van der Waals surface area (Å²) in [5.74, 6) is 0.961. The van der Waals surface area contributed by atoms with Crippen LogP contribution in [0, 0.1) is 0 Å². The second-order valence-corrected chi connectivity index (χ2v) is 8.17. The van der Waals surface area contributed by atoms with Crippen LogP contribution in [0.15, 0.2) is 68.3 Å². The SMILES string of the molecule is O=c1[nH]nc(Cc2ccc(Cl)cc2)n1N=CCC/C=N\n1c(Cc2ccc(Cl)cc2)n[nH]c1=O. The van der Waals surface area contributed by atoms with E-state index in [1.54, 1.807) is 36.7 Å². The number of H-pyrrole nitrogens is 2. The van der Waals surface area contributed by atoms with E-state index in [1.165, 1.54) is 9.35 Å². The summed E-state index contributed by atoms with van der Waals surface area (Å²) in [6.07, 6.45) is 5.05. The number of hydrogen-bond acceptors (Lipinski definition) is 6. The first-order valence-electron chi connectivity index (χ1n) is 10.4. The maximum atomic E-state index is 12.0. The van der Waals surface area contributed by atoms with Gasteiger partial charge in [0.15, 0.2) is 11.6 Å². The summed E-state index contributed by atoms with van der Waals surface area (Å²) in [7, 11) is 0. The Morgan fingerprint density at radius 3 is 1.47 bits per heavy atom. The molecule has 10 nitrogen and oxygen atoms in total. The van der Waals surface area contributed by atoms with Crippen LogP contribution in [-0.2, 0) is 12.8 Å². The Balaban J connectivity index is 1.35. The summed E-state index contributed by atoms with van der Waals surface area (Å²) in [6, 6.07) is 14.6. The Kier molecular flexibility index (Phi) is 7.51. The number of nitrogens with one attached hydrogen (secondary N) is 2. The Morgan fingerprint density at radius 2 is 1.09 bits per heavy atom. The number of nitrogens with zero attached hydrogens (tertiary/aromatic N) is 6. The first kappa shape index (κ1) is 23.4. The molecule has 2 N–H and O–H groups in total. The molecule has 174 valence electrons. The Labute approximate surface area is 203 Å². The largest absolute Gasteiger partial charge is 0.364 e. The van der Waals surface area contributed by atoms with Gasteiger partial charge in [0.25, 0.3) is 0 Å². The van der Waals surface area contributed by atoms with Crippen molar-refractivity contribution in [1.29, 1.82) is 0 Å². The van der Waals surface area contributed by atoms with E-state index in [2.05, 4.69) is 30.6 Å². The number of unbranched alkanes of at least 4 members (excludes halogenated alkanes) is 1. The highest BCUT2D eigenvalue weighted by Gasteiger charge is 2.09. The molecule has 4 rings (SSSR count). The van der Waals surface area contributed by atoms with Gasteiger partial charge in [0.2, 0.25) is 0 Å². The predicted molar refractivity (Wildman–Crippen MR) is 131 cm³/mol. The van der Waals surface area contributed by atoms with Gasteiger partial charge in [-0.2, -0.15) is 29.8 Å². The van der Waals surface area contributed by atoms with Gasteiger partial charge in [0.05, 0.1) is 0 Å². The number of halogens is 2. The Hall–Kier alpha value is -3.76. The highest BCUT2D eigenvalue weighted by Crippen LogP contribution is 2.13. The van der Waals surface area contributed by atoms with Gasteiger partial charge in [-0.05, 0) is 48.2 Å². The van der Waals surface area contributed by atoms with Crippen molar-refractivity contribution >= 4 is 35.6 Å². The lowest BCUT2D eigenvalue weighted by Gasteiger charge is -2.01. The maximum absolute atomic E-state index is 12.0. The fraction of sp³-hybridized carbons (Fsp3) is 0.182. The molecule has 0 radical (unpaired) electrons. The molecule has 0 aliphatic rings. The smallest absolute Gasteiger partial charge is 0.244 e. The van der Waals surface area contributed by atoms with E-state index in [0.717, 1.165) is 11.1 Å². The van der Waals surface area contributed by atoms with Gasteiger partial charge in [-0.15, -0.1) is 0 Å². The molecule has 2 aromatic heterocycles. The van der Waals surface area contributed by atoms with Crippen LogP contribution in [0.2, 0.25) is 10.0 Å². The zero-order valence-corrected chi connectivity index (χ0v) is 19.4. The molecule has 0 amide bonds. The Bertz CT molecular complexity index is 1300. The summed E-state index contributed by atoms with van der Waals surface area (Å²) in [5.41, 5.74) is 1.05. The monoisotopic (exact) mass is 498 g/mol. The average molecular weight is 499 g/mol. The van der Waals surface area contributed by atoms with Crippen LogP contribution in [-0.4, -0.2) is 42.2 Å². The first-order chi connectivity index (χ1) is 16.5. The molecular formula is C22H20Cl2N8O2. The number of aromatic nitrogens is 6. The molecule has 0 fully saturated rings. The summed E-state index contributed by atoms with van der Waals surface area (Å²) >= 11 is 11.8. The van der Waals surface area contributed by atoms with Crippen molar-refractivity contribution < 1.29 is 0 Å². The molecular weight excluding hydrogens is 479 g/mol. The molecule has 2 heterocycles.